The molecule has 1 heterocycles. The highest BCUT2D eigenvalue weighted by molar-refractivity contribution is 8.23. The van der Waals surface area contributed by atoms with Gasteiger partial charge in [0.25, 0.3) is 0 Å². The second kappa shape index (κ2) is 4.57. The van der Waals surface area contributed by atoms with Gasteiger partial charge in [-0.3, -0.25) is 14.5 Å². The number of ether oxygens (including phenoxy) is 1. The monoisotopic (exact) mass is 219 g/mol. The molecule has 0 atom stereocenters. The molecule has 0 aliphatic carbocycles. The Morgan fingerprint density at radius 1 is 1.77 bits per heavy atom. The molecule has 72 valence electrons. The van der Waals surface area contributed by atoms with Crippen molar-refractivity contribution in [1.82, 2.24) is 4.90 Å². The summed E-state index contributed by atoms with van der Waals surface area (Å²) in [6.45, 7) is 1.98. The first kappa shape index (κ1) is 10.5. The van der Waals surface area contributed by atoms with Gasteiger partial charge in [0.1, 0.15) is 10.9 Å². The maximum absolute atomic E-state index is 11.1. The van der Waals surface area contributed by atoms with Crippen LogP contribution < -0.4 is 0 Å². The smallest absolute Gasteiger partial charge is 0.326 e. The second-order valence-electron chi connectivity index (χ2n) is 2.34. The van der Waals surface area contributed by atoms with Gasteiger partial charge in [0.15, 0.2) is 0 Å². The van der Waals surface area contributed by atoms with Crippen molar-refractivity contribution >= 4 is 40.2 Å². The Morgan fingerprint density at radius 3 is 2.92 bits per heavy atom. The maximum Gasteiger partial charge on any atom is 0.326 e. The molecule has 0 radical (unpaired) electrons. The molecule has 1 aliphatic heterocycles. The highest BCUT2D eigenvalue weighted by Crippen LogP contribution is 2.18. The number of amides is 1. The van der Waals surface area contributed by atoms with Gasteiger partial charge in [0.05, 0.1) is 12.4 Å². The van der Waals surface area contributed by atoms with Gasteiger partial charge in [0.2, 0.25) is 5.91 Å². The van der Waals surface area contributed by atoms with Crippen LogP contribution in [0.2, 0.25) is 0 Å². The lowest BCUT2D eigenvalue weighted by Crippen LogP contribution is -2.34. The molecular weight excluding hydrogens is 210 g/mol. The summed E-state index contributed by atoms with van der Waals surface area (Å²) >= 11 is 6.15. The fraction of sp³-hybridized carbons (Fsp3) is 0.571. The predicted octanol–water partition coefficient (Wildman–Crippen LogP) is 0.410. The fourth-order valence-corrected chi connectivity index (χ4v) is 1.94. The van der Waals surface area contributed by atoms with E-state index in [2.05, 4.69) is 0 Å². The van der Waals surface area contributed by atoms with E-state index in [0.717, 1.165) is 0 Å². The Bertz CT molecular complexity index is 238. The van der Waals surface area contributed by atoms with Crippen molar-refractivity contribution in [3.8, 4) is 0 Å². The van der Waals surface area contributed by atoms with Crippen molar-refractivity contribution < 1.29 is 14.3 Å². The molecule has 0 unspecified atom stereocenters. The Labute approximate surface area is 85.6 Å². The van der Waals surface area contributed by atoms with Gasteiger partial charge in [-0.05, 0) is 6.92 Å². The summed E-state index contributed by atoms with van der Waals surface area (Å²) in [6.07, 6.45) is 0. The van der Waals surface area contributed by atoms with E-state index in [0.29, 0.717) is 16.7 Å². The summed E-state index contributed by atoms with van der Waals surface area (Å²) in [6, 6.07) is 0. The van der Waals surface area contributed by atoms with E-state index in [1.165, 1.54) is 16.7 Å². The molecule has 4 nitrogen and oxygen atoms in total. The van der Waals surface area contributed by atoms with E-state index in [4.69, 9.17) is 17.0 Å². The summed E-state index contributed by atoms with van der Waals surface area (Å²) in [7, 11) is 0. The van der Waals surface area contributed by atoms with Crippen LogP contribution in [0.25, 0.3) is 0 Å². The molecule has 1 rings (SSSR count). The van der Waals surface area contributed by atoms with Gasteiger partial charge in [-0.15, -0.1) is 0 Å². The Morgan fingerprint density at radius 2 is 2.46 bits per heavy atom. The minimum absolute atomic E-state index is 0.0570. The largest absolute Gasteiger partial charge is 0.465 e. The number of thioether (sulfide) groups is 1. The summed E-state index contributed by atoms with van der Waals surface area (Å²) < 4.78 is 5.16. The Balaban J connectivity index is 2.48. The molecule has 13 heavy (non-hydrogen) atoms. The van der Waals surface area contributed by atoms with Gasteiger partial charge >= 0.3 is 5.97 Å². The van der Waals surface area contributed by atoms with Crippen LogP contribution in [0.15, 0.2) is 0 Å². The number of thiocarbonyl (C=S) groups is 1. The molecule has 1 saturated heterocycles. The molecule has 0 spiro atoms. The second-order valence-corrected chi connectivity index (χ2v) is 3.95. The van der Waals surface area contributed by atoms with Crippen LogP contribution in [-0.4, -0.2) is 40.0 Å². The average molecular weight is 219 g/mol. The van der Waals surface area contributed by atoms with E-state index < -0.39 is 5.97 Å². The first-order valence-corrected chi connectivity index (χ1v) is 5.17. The van der Waals surface area contributed by atoms with E-state index in [1.54, 1.807) is 6.92 Å². The van der Waals surface area contributed by atoms with Gasteiger partial charge in [0, 0.05) is 0 Å². The molecule has 0 aromatic carbocycles. The SMILES string of the molecule is CCOC(=O)CN1C(=O)CSC1=S. The number of carbonyl (C=O) groups excluding carboxylic acids is 2. The van der Waals surface area contributed by atoms with Crippen LogP contribution in [0, 0.1) is 0 Å². The lowest BCUT2D eigenvalue weighted by molar-refractivity contribution is -0.145. The van der Waals surface area contributed by atoms with E-state index in [1.807, 2.05) is 0 Å². The molecular formula is C7H9NO3S2. The molecule has 0 aromatic heterocycles. The number of esters is 1. The quantitative estimate of drug-likeness (QED) is 0.508. The number of rotatable bonds is 3. The van der Waals surface area contributed by atoms with Crippen LogP contribution in [0.5, 0.6) is 0 Å². The number of nitrogens with zero attached hydrogens (tertiary/aromatic N) is 1. The van der Waals surface area contributed by atoms with Crippen LogP contribution in [0.1, 0.15) is 6.92 Å². The van der Waals surface area contributed by atoms with Crippen molar-refractivity contribution in [2.24, 2.45) is 0 Å². The summed E-state index contributed by atoms with van der Waals surface area (Å²) in [5.41, 5.74) is 0. The standard InChI is InChI=1S/C7H9NO3S2/c1-2-11-6(10)3-8-5(9)4-13-7(8)12/h2-4H2,1H3. The first-order valence-electron chi connectivity index (χ1n) is 3.78. The van der Waals surface area contributed by atoms with Gasteiger partial charge in [-0.25, -0.2) is 0 Å². The highest BCUT2D eigenvalue weighted by atomic mass is 32.2. The zero-order valence-corrected chi connectivity index (χ0v) is 8.74. The molecule has 0 bridgehead atoms. The third-order valence-electron chi connectivity index (χ3n) is 1.43. The Kier molecular flexibility index (Phi) is 3.68. The molecule has 0 N–H and O–H groups in total. The topological polar surface area (TPSA) is 46.6 Å². The predicted molar refractivity (Wildman–Crippen MR) is 53.4 cm³/mol. The lowest BCUT2D eigenvalue weighted by atomic mass is 10.5. The average Bonchev–Trinajstić information content (AvgIpc) is 2.36. The maximum atomic E-state index is 11.1. The van der Waals surface area contributed by atoms with Gasteiger partial charge in [-0.1, -0.05) is 24.0 Å². The third kappa shape index (κ3) is 2.67. The van der Waals surface area contributed by atoms with Crippen molar-refractivity contribution in [2.45, 2.75) is 6.92 Å². The first-order chi connectivity index (χ1) is 6.15. The summed E-state index contributed by atoms with van der Waals surface area (Å²) in [5, 5.41) is 0. The summed E-state index contributed by atoms with van der Waals surface area (Å²) in [4.78, 5) is 23.4. The number of hydrogen-bond donors (Lipinski definition) is 0. The van der Waals surface area contributed by atoms with Crippen molar-refractivity contribution in [1.29, 1.82) is 0 Å². The van der Waals surface area contributed by atoms with E-state index in [9.17, 15) is 9.59 Å². The molecule has 0 aromatic rings. The zero-order valence-electron chi connectivity index (χ0n) is 7.11. The van der Waals surface area contributed by atoms with E-state index in [-0.39, 0.29) is 12.5 Å². The summed E-state index contributed by atoms with van der Waals surface area (Å²) in [5.74, 6) is -0.207. The number of carbonyl (C=O) groups is 2. The minimum Gasteiger partial charge on any atom is -0.465 e. The molecule has 1 amide bonds. The van der Waals surface area contributed by atoms with Crippen molar-refractivity contribution in [3.05, 3.63) is 0 Å². The Hall–Kier alpha value is -0.620. The van der Waals surface area contributed by atoms with Crippen molar-refractivity contribution in [3.63, 3.8) is 0 Å². The lowest BCUT2D eigenvalue weighted by Gasteiger charge is -2.12. The fourth-order valence-electron chi connectivity index (χ4n) is 0.870. The van der Waals surface area contributed by atoms with Crippen molar-refractivity contribution in [2.75, 3.05) is 18.9 Å². The highest BCUT2D eigenvalue weighted by Gasteiger charge is 2.28. The zero-order chi connectivity index (χ0) is 9.84. The molecule has 1 aliphatic rings. The van der Waals surface area contributed by atoms with Crippen LogP contribution in [-0.2, 0) is 14.3 Å². The van der Waals surface area contributed by atoms with Crippen LogP contribution in [0.4, 0.5) is 0 Å². The number of hydrogen-bond acceptors (Lipinski definition) is 5. The molecule has 6 heteroatoms. The normalized spacial score (nSPS) is 16.5. The van der Waals surface area contributed by atoms with Crippen LogP contribution >= 0.6 is 24.0 Å². The van der Waals surface area contributed by atoms with Gasteiger partial charge < -0.3 is 4.74 Å². The molecule has 1 fully saturated rings. The minimum atomic E-state index is -0.416. The van der Waals surface area contributed by atoms with Gasteiger partial charge in [-0.2, -0.15) is 0 Å². The third-order valence-corrected chi connectivity index (χ3v) is 2.87. The van der Waals surface area contributed by atoms with Crippen LogP contribution in [0.3, 0.4) is 0 Å². The molecule has 0 saturated carbocycles. The van der Waals surface area contributed by atoms with E-state index >= 15 is 0 Å².